The summed E-state index contributed by atoms with van der Waals surface area (Å²) in [5.41, 5.74) is 2.06. The lowest BCUT2D eigenvalue weighted by Crippen LogP contribution is -2.30. The second kappa shape index (κ2) is 8.01. The van der Waals surface area contributed by atoms with E-state index in [1.54, 1.807) is 0 Å². The van der Waals surface area contributed by atoms with Crippen LogP contribution in [0.2, 0.25) is 0 Å². The van der Waals surface area contributed by atoms with Crippen molar-refractivity contribution in [1.82, 2.24) is 9.88 Å². The SMILES string of the molecule is CCCNc1ccnc(CN2CCC(CC)CCC2=O)c1. The van der Waals surface area contributed by atoms with Gasteiger partial charge in [0.1, 0.15) is 0 Å². The molecule has 1 aliphatic heterocycles. The second-order valence-corrected chi connectivity index (χ2v) is 5.88. The molecule has 1 aromatic heterocycles. The number of carbonyl (C=O) groups excluding carboxylic acids is 1. The molecule has 1 N–H and O–H groups in total. The van der Waals surface area contributed by atoms with Gasteiger partial charge in [0.25, 0.3) is 0 Å². The Balaban J connectivity index is 1.98. The van der Waals surface area contributed by atoms with Crippen LogP contribution in [-0.2, 0) is 11.3 Å². The summed E-state index contributed by atoms with van der Waals surface area (Å²) >= 11 is 0. The average molecular weight is 289 g/mol. The van der Waals surface area contributed by atoms with E-state index >= 15 is 0 Å². The third kappa shape index (κ3) is 4.73. The van der Waals surface area contributed by atoms with Gasteiger partial charge in [0.2, 0.25) is 5.91 Å². The number of nitrogens with zero attached hydrogens (tertiary/aromatic N) is 2. The molecule has 4 heteroatoms. The maximum Gasteiger partial charge on any atom is 0.222 e. The number of hydrogen-bond donors (Lipinski definition) is 1. The molecule has 0 aromatic carbocycles. The highest BCUT2D eigenvalue weighted by Gasteiger charge is 2.21. The minimum Gasteiger partial charge on any atom is -0.385 e. The van der Waals surface area contributed by atoms with Crippen molar-refractivity contribution < 1.29 is 4.79 Å². The van der Waals surface area contributed by atoms with Crippen LogP contribution in [0.1, 0.15) is 51.6 Å². The number of pyridine rings is 1. The Kier molecular flexibility index (Phi) is 6.03. The summed E-state index contributed by atoms with van der Waals surface area (Å²) in [5.74, 6) is 0.976. The van der Waals surface area contributed by atoms with Gasteiger partial charge >= 0.3 is 0 Å². The molecule has 0 aliphatic carbocycles. The van der Waals surface area contributed by atoms with E-state index in [-0.39, 0.29) is 5.91 Å². The summed E-state index contributed by atoms with van der Waals surface area (Å²) < 4.78 is 0. The summed E-state index contributed by atoms with van der Waals surface area (Å²) in [6.07, 6.45) is 6.95. The van der Waals surface area contributed by atoms with Gasteiger partial charge in [0.05, 0.1) is 12.2 Å². The fourth-order valence-corrected chi connectivity index (χ4v) is 2.81. The molecule has 0 spiro atoms. The van der Waals surface area contributed by atoms with Crippen molar-refractivity contribution in [3.8, 4) is 0 Å². The number of nitrogens with one attached hydrogen (secondary N) is 1. The number of carbonyl (C=O) groups is 1. The summed E-state index contributed by atoms with van der Waals surface area (Å²) in [4.78, 5) is 18.6. The van der Waals surface area contributed by atoms with Crippen molar-refractivity contribution in [3.63, 3.8) is 0 Å². The van der Waals surface area contributed by atoms with Gasteiger partial charge in [-0.2, -0.15) is 0 Å². The first-order valence-corrected chi connectivity index (χ1v) is 8.19. The van der Waals surface area contributed by atoms with Crippen molar-refractivity contribution in [2.75, 3.05) is 18.4 Å². The Morgan fingerprint density at radius 3 is 3.00 bits per heavy atom. The number of anilines is 1. The van der Waals surface area contributed by atoms with Crippen molar-refractivity contribution in [1.29, 1.82) is 0 Å². The molecular formula is C17H27N3O. The standard InChI is InChI=1S/C17H27N3O/c1-3-9-18-15-7-10-19-16(12-15)13-20-11-8-14(4-2)5-6-17(20)21/h7,10,12,14H,3-6,8-9,11,13H2,1-2H3,(H,18,19). The lowest BCUT2D eigenvalue weighted by atomic mass is 9.98. The second-order valence-electron chi connectivity index (χ2n) is 5.88. The molecule has 2 rings (SSSR count). The van der Waals surface area contributed by atoms with E-state index in [1.807, 2.05) is 17.2 Å². The molecule has 1 saturated heterocycles. The fraction of sp³-hybridized carbons (Fsp3) is 0.647. The molecule has 4 nitrogen and oxygen atoms in total. The Morgan fingerprint density at radius 1 is 1.38 bits per heavy atom. The van der Waals surface area contributed by atoms with Crippen LogP contribution < -0.4 is 5.32 Å². The number of likely N-dealkylation sites (tertiary alicyclic amines) is 1. The zero-order valence-corrected chi connectivity index (χ0v) is 13.3. The van der Waals surface area contributed by atoms with Crippen LogP contribution >= 0.6 is 0 Å². The molecule has 21 heavy (non-hydrogen) atoms. The van der Waals surface area contributed by atoms with Gasteiger partial charge in [-0.15, -0.1) is 0 Å². The van der Waals surface area contributed by atoms with Gasteiger partial charge in [-0.05, 0) is 37.3 Å². The smallest absolute Gasteiger partial charge is 0.222 e. The third-order valence-corrected chi connectivity index (χ3v) is 4.25. The highest BCUT2D eigenvalue weighted by atomic mass is 16.2. The van der Waals surface area contributed by atoms with Crippen LogP contribution in [-0.4, -0.2) is 28.9 Å². The highest BCUT2D eigenvalue weighted by Crippen LogP contribution is 2.22. The summed E-state index contributed by atoms with van der Waals surface area (Å²) in [6.45, 7) is 6.83. The Bertz CT molecular complexity index is 461. The maximum absolute atomic E-state index is 12.2. The predicted octanol–water partition coefficient (Wildman–Crippen LogP) is 3.44. The fourth-order valence-electron chi connectivity index (χ4n) is 2.81. The molecule has 116 valence electrons. The molecule has 2 heterocycles. The van der Waals surface area contributed by atoms with Crippen LogP contribution in [0.5, 0.6) is 0 Å². The van der Waals surface area contributed by atoms with E-state index in [2.05, 4.69) is 30.2 Å². The number of amides is 1. The molecule has 1 aliphatic rings. The molecule has 1 fully saturated rings. The van der Waals surface area contributed by atoms with Gasteiger partial charge in [-0.25, -0.2) is 0 Å². The van der Waals surface area contributed by atoms with E-state index in [9.17, 15) is 4.79 Å². The number of aromatic nitrogens is 1. The van der Waals surface area contributed by atoms with Crippen LogP contribution in [0, 0.1) is 5.92 Å². The summed E-state index contributed by atoms with van der Waals surface area (Å²) in [5, 5.41) is 3.37. The normalized spacial score (nSPS) is 19.4. The van der Waals surface area contributed by atoms with Gasteiger partial charge in [-0.1, -0.05) is 20.3 Å². The maximum atomic E-state index is 12.2. The van der Waals surface area contributed by atoms with Crippen molar-refractivity contribution >= 4 is 11.6 Å². The predicted molar refractivity (Wildman–Crippen MR) is 86.1 cm³/mol. The lowest BCUT2D eigenvalue weighted by Gasteiger charge is -2.20. The largest absolute Gasteiger partial charge is 0.385 e. The van der Waals surface area contributed by atoms with E-state index in [0.717, 1.165) is 43.7 Å². The summed E-state index contributed by atoms with van der Waals surface area (Å²) in [6, 6.07) is 4.04. The van der Waals surface area contributed by atoms with Crippen molar-refractivity contribution in [2.24, 2.45) is 5.92 Å². The first kappa shape index (κ1) is 15.8. The molecule has 0 bridgehead atoms. The van der Waals surface area contributed by atoms with Gasteiger partial charge in [-0.3, -0.25) is 9.78 Å². The molecular weight excluding hydrogens is 262 g/mol. The van der Waals surface area contributed by atoms with E-state index in [0.29, 0.717) is 18.9 Å². The zero-order valence-electron chi connectivity index (χ0n) is 13.3. The molecule has 1 atom stereocenters. The quantitative estimate of drug-likeness (QED) is 0.872. The first-order valence-electron chi connectivity index (χ1n) is 8.19. The minimum absolute atomic E-state index is 0.277. The molecule has 1 amide bonds. The Labute approximate surface area is 127 Å². The molecule has 1 aromatic rings. The average Bonchev–Trinajstić information content (AvgIpc) is 2.68. The third-order valence-electron chi connectivity index (χ3n) is 4.25. The monoisotopic (exact) mass is 289 g/mol. The minimum atomic E-state index is 0.277. The van der Waals surface area contributed by atoms with E-state index in [1.165, 1.54) is 6.42 Å². The highest BCUT2D eigenvalue weighted by molar-refractivity contribution is 5.76. The van der Waals surface area contributed by atoms with E-state index in [4.69, 9.17) is 0 Å². The van der Waals surface area contributed by atoms with Crippen molar-refractivity contribution in [3.05, 3.63) is 24.0 Å². The Morgan fingerprint density at radius 2 is 2.24 bits per heavy atom. The lowest BCUT2D eigenvalue weighted by molar-refractivity contribution is -0.131. The van der Waals surface area contributed by atoms with Gasteiger partial charge in [0, 0.05) is 31.4 Å². The number of hydrogen-bond acceptors (Lipinski definition) is 3. The van der Waals surface area contributed by atoms with Crippen LogP contribution in [0.25, 0.3) is 0 Å². The topological polar surface area (TPSA) is 45.2 Å². The Hall–Kier alpha value is -1.58. The number of rotatable bonds is 6. The van der Waals surface area contributed by atoms with Crippen LogP contribution in [0.4, 0.5) is 5.69 Å². The van der Waals surface area contributed by atoms with Gasteiger partial charge < -0.3 is 10.2 Å². The van der Waals surface area contributed by atoms with Crippen molar-refractivity contribution in [2.45, 2.75) is 52.5 Å². The van der Waals surface area contributed by atoms with Crippen LogP contribution in [0.15, 0.2) is 18.3 Å². The van der Waals surface area contributed by atoms with Gasteiger partial charge in [0.15, 0.2) is 0 Å². The van der Waals surface area contributed by atoms with E-state index < -0.39 is 0 Å². The molecule has 1 unspecified atom stereocenters. The molecule has 0 radical (unpaired) electrons. The zero-order chi connectivity index (χ0) is 15.1. The molecule has 0 saturated carbocycles. The summed E-state index contributed by atoms with van der Waals surface area (Å²) in [7, 11) is 0. The van der Waals surface area contributed by atoms with Crippen LogP contribution in [0.3, 0.4) is 0 Å². The first-order chi connectivity index (χ1) is 10.2.